The highest BCUT2D eigenvalue weighted by atomic mass is 32.1. The molecule has 2 aromatic carbocycles. The fourth-order valence-electron chi connectivity index (χ4n) is 2.52. The molecule has 0 fully saturated rings. The van der Waals surface area contributed by atoms with Crippen LogP contribution in [0.4, 0.5) is 5.82 Å². The maximum atomic E-state index is 6.24. The second kappa shape index (κ2) is 4.08. The van der Waals surface area contributed by atoms with Crippen molar-refractivity contribution in [2.75, 3.05) is 5.73 Å². The highest BCUT2D eigenvalue weighted by Gasteiger charge is 2.13. The predicted molar refractivity (Wildman–Crippen MR) is 85.2 cm³/mol. The second-order valence-electron chi connectivity index (χ2n) is 4.90. The van der Waals surface area contributed by atoms with Crippen LogP contribution in [-0.2, 0) is 0 Å². The average Bonchev–Trinajstić information content (AvgIpc) is 2.97. The van der Waals surface area contributed by atoms with E-state index < -0.39 is 0 Å². The van der Waals surface area contributed by atoms with Crippen molar-refractivity contribution in [2.24, 2.45) is 0 Å². The lowest BCUT2D eigenvalue weighted by atomic mass is 10.1. The maximum Gasteiger partial charge on any atom is 0.196 e. The second-order valence-corrected chi connectivity index (χ2v) is 6.12. The van der Waals surface area contributed by atoms with E-state index in [1.807, 2.05) is 22.7 Å². The fraction of sp³-hybridized carbons (Fsp3) is 0.0625. The van der Waals surface area contributed by atoms with Crippen LogP contribution in [0, 0.1) is 6.92 Å². The summed E-state index contributed by atoms with van der Waals surface area (Å²) >= 11 is 1.66. The molecule has 0 saturated carbocycles. The van der Waals surface area contributed by atoms with Gasteiger partial charge >= 0.3 is 0 Å². The number of hydrogen-bond donors (Lipinski definition) is 1. The van der Waals surface area contributed by atoms with E-state index >= 15 is 0 Å². The van der Waals surface area contributed by atoms with Gasteiger partial charge in [0.1, 0.15) is 11.5 Å². The Labute approximate surface area is 120 Å². The quantitative estimate of drug-likeness (QED) is 0.570. The van der Waals surface area contributed by atoms with Crippen LogP contribution in [0.1, 0.15) is 4.88 Å². The summed E-state index contributed by atoms with van der Waals surface area (Å²) in [5.74, 6) is 0.708. The van der Waals surface area contributed by atoms with Crippen LogP contribution in [0.25, 0.3) is 27.0 Å². The monoisotopic (exact) mass is 279 g/mol. The van der Waals surface area contributed by atoms with Gasteiger partial charge in [0.05, 0.1) is 0 Å². The number of anilines is 1. The molecule has 20 heavy (non-hydrogen) atoms. The van der Waals surface area contributed by atoms with Crippen molar-refractivity contribution in [3.63, 3.8) is 0 Å². The summed E-state index contributed by atoms with van der Waals surface area (Å²) in [5.41, 5.74) is 8.16. The van der Waals surface area contributed by atoms with Crippen LogP contribution < -0.4 is 5.73 Å². The fourth-order valence-corrected chi connectivity index (χ4v) is 3.35. The van der Waals surface area contributed by atoms with Crippen LogP contribution in [0.15, 0.2) is 48.7 Å². The van der Waals surface area contributed by atoms with Crippen molar-refractivity contribution in [2.45, 2.75) is 6.92 Å². The van der Waals surface area contributed by atoms with E-state index in [1.165, 1.54) is 15.6 Å². The average molecular weight is 279 g/mol. The van der Waals surface area contributed by atoms with Crippen LogP contribution >= 0.6 is 11.3 Å². The number of nitrogens with zero attached hydrogens (tertiary/aromatic N) is 2. The van der Waals surface area contributed by atoms with E-state index in [9.17, 15) is 0 Å². The van der Waals surface area contributed by atoms with Gasteiger partial charge in [0.2, 0.25) is 0 Å². The number of imidazole rings is 1. The molecule has 2 N–H and O–H groups in total. The van der Waals surface area contributed by atoms with Gasteiger partial charge in [-0.05, 0) is 23.8 Å². The summed E-state index contributed by atoms with van der Waals surface area (Å²) in [6.45, 7) is 2.06. The number of nitrogen functional groups attached to an aromatic ring is 1. The van der Waals surface area contributed by atoms with E-state index in [1.54, 1.807) is 11.3 Å². The van der Waals surface area contributed by atoms with Crippen molar-refractivity contribution < 1.29 is 0 Å². The lowest BCUT2D eigenvalue weighted by Crippen LogP contribution is -1.92. The van der Waals surface area contributed by atoms with Crippen LogP contribution in [0.3, 0.4) is 0 Å². The number of aromatic nitrogens is 2. The Kier molecular flexibility index (Phi) is 2.35. The highest BCUT2D eigenvalue weighted by molar-refractivity contribution is 7.17. The molecular weight excluding hydrogens is 266 g/mol. The van der Waals surface area contributed by atoms with Crippen molar-refractivity contribution in [1.29, 1.82) is 0 Å². The largest absolute Gasteiger partial charge is 0.383 e. The minimum atomic E-state index is 0.708. The molecule has 98 valence electrons. The Morgan fingerprint density at radius 2 is 1.90 bits per heavy atom. The molecular formula is C16H13N3S. The van der Waals surface area contributed by atoms with E-state index in [0.29, 0.717) is 5.82 Å². The molecule has 0 atom stereocenters. The van der Waals surface area contributed by atoms with Crippen molar-refractivity contribution in [1.82, 2.24) is 9.38 Å². The molecule has 2 aromatic heterocycles. The molecule has 4 heteroatoms. The summed E-state index contributed by atoms with van der Waals surface area (Å²) in [4.78, 5) is 6.83. The highest BCUT2D eigenvalue weighted by Crippen LogP contribution is 2.31. The van der Waals surface area contributed by atoms with E-state index in [0.717, 1.165) is 16.2 Å². The first kappa shape index (κ1) is 11.5. The van der Waals surface area contributed by atoms with Crippen molar-refractivity contribution >= 4 is 32.9 Å². The predicted octanol–water partition coefficient (Wildman–Crippen LogP) is 4.11. The SMILES string of the molecule is Cc1cn2c(N)c(-c3ccc4ccccc4c3)nc2s1. The Bertz CT molecular complexity index is 933. The van der Waals surface area contributed by atoms with Gasteiger partial charge in [-0.3, -0.25) is 4.40 Å². The van der Waals surface area contributed by atoms with E-state index in [4.69, 9.17) is 5.73 Å². The third kappa shape index (κ3) is 1.62. The molecule has 0 spiro atoms. The number of nitrogens with two attached hydrogens (primary N) is 1. The van der Waals surface area contributed by atoms with Crippen molar-refractivity contribution in [3.05, 3.63) is 53.5 Å². The third-order valence-corrected chi connectivity index (χ3v) is 4.40. The molecule has 0 radical (unpaired) electrons. The normalized spacial score (nSPS) is 11.4. The Balaban J connectivity index is 1.95. The molecule has 0 unspecified atom stereocenters. The van der Waals surface area contributed by atoms with Crippen LogP contribution in [0.2, 0.25) is 0 Å². The summed E-state index contributed by atoms with van der Waals surface area (Å²) < 4.78 is 1.96. The molecule has 3 nitrogen and oxygen atoms in total. The minimum Gasteiger partial charge on any atom is -0.383 e. The van der Waals surface area contributed by atoms with Gasteiger partial charge in [-0.15, -0.1) is 11.3 Å². The standard InChI is InChI=1S/C16H13N3S/c1-10-9-19-15(17)14(18-16(19)20-10)13-7-6-11-4-2-3-5-12(11)8-13/h2-9H,17H2,1H3. The first-order valence-corrected chi connectivity index (χ1v) is 7.27. The number of fused-ring (bicyclic) bond motifs is 2. The van der Waals surface area contributed by atoms with Gasteiger partial charge in [0.15, 0.2) is 4.96 Å². The zero-order valence-corrected chi connectivity index (χ0v) is 11.8. The van der Waals surface area contributed by atoms with E-state index in [2.05, 4.69) is 42.2 Å². The molecule has 0 amide bonds. The number of thiazole rings is 1. The minimum absolute atomic E-state index is 0.708. The molecule has 4 rings (SSSR count). The molecule has 0 aliphatic rings. The number of benzene rings is 2. The van der Waals surface area contributed by atoms with Gasteiger partial charge in [0, 0.05) is 16.6 Å². The van der Waals surface area contributed by atoms with Gasteiger partial charge in [-0.25, -0.2) is 4.98 Å². The molecule has 4 aromatic rings. The molecule has 0 aliphatic heterocycles. The maximum absolute atomic E-state index is 6.24. The number of aryl methyl sites for hydroxylation is 1. The Hall–Kier alpha value is -2.33. The summed E-state index contributed by atoms with van der Waals surface area (Å²) in [7, 11) is 0. The third-order valence-electron chi connectivity index (χ3n) is 3.50. The summed E-state index contributed by atoms with van der Waals surface area (Å²) in [6, 6.07) is 14.7. The van der Waals surface area contributed by atoms with Gasteiger partial charge in [-0.2, -0.15) is 0 Å². The summed E-state index contributed by atoms with van der Waals surface area (Å²) in [5, 5.41) is 2.43. The Morgan fingerprint density at radius 3 is 2.70 bits per heavy atom. The van der Waals surface area contributed by atoms with E-state index in [-0.39, 0.29) is 0 Å². The lowest BCUT2D eigenvalue weighted by molar-refractivity contribution is 1.23. The molecule has 0 bridgehead atoms. The van der Waals surface area contributed by atoms with Gasteiger partial charge < -0.3 is 5.73 Å². The Morgan fingerprint density at radius 1 is 1.10 bits per heavy atom. The molecule has 2 heterocycles. The van der Waals surface area contributed by atoms with Gasteiger partial charge in [0.25, 0.3) is 0 Å². The van der Waals surface area contributed by atoms with Crippen molar-refractivity contribution in [3.8, 4) is 11.3 Å². The van der Waals surface area contributed by atoms with Crippen LogP contribution in [0.5, 0.6) is 0 Å². The smallest absolute Gasteiger partial charge is 0.196 e. The number of rotatable bonds is 1. The lowest BCUT2D eigenvalue weighted by Gasteiger charge is -2.02. The zero-order chi connectivity index (χ0) is 13.7. The number of hydrogen-bond acceptors (Lipinski definition) is 3. The zero-order valence-electron chi connectivity index (χ0n) is 11.0. The van der Waals surface area contributed by atoms with Crippen LogP contribution in [-0.4, -0.2) is 9.38 Å². The summed E-state index contributed by atoms with van der Waals surface area (Å²) in [6.07, 6.45) is 2.03. The van der Waals surface area contributed by atoms with Gasteiger partial charge in [-0.1, -0.05) is 36.4 Å². The first-order chi connectivity index (χ1) is 9.72. The molecule has 0 aliphatic carbocycles. The topological polar surface area (TPSA) is 43.3 Å². The molecule has 0 saturated heterocycles. The first-order valence-electron chi connectivity index (χ1n) is 6.45.